The second kappa shape index (κ2) is 8.80. The third-order valence-corrected chi connectivity index (χ3v) is 8.49. The van der Waals surface area contributed by atoms with Crippen LogP contribution in [0.5, 0.6) is 5.75 Å². The van der Waals surface area contributed by atoms with Crippen molar-refractivity contribution in [2.45, 2.75) is 36.7 Å². The Bertz CT molecular complexity index is 1010. The monoisotopic (exact) mass is 467 g/mol. The van der Waals surface area contributed by atoms with Crippen molar-refractivity contribution in [1.29, 1.82) is 0 Å². The number of sulfonamides is 1. The highest BCUT2D eigenvalue weighted by Crippen LogP contribution is 2.45. The molecule has 32 heavy (non-hydrogen) atoms. The highest BCUT2D eigenvalue weighted by molar-refractivity contribution is 7.89. The van der Waals surface area contributed by atoms with Crippen molar-refractivity contribution in [2.75, 3.05) is 34.4 Å². The fourth-order valence-electron chi connectivity index (χ4n) is 4.78. The van der Waals surface area contributed by atoms with Crippen LogP contribution in [0.15, 0.2) is 29.2 Å². The summed E-state index contributed by atoms with van der Waals surface area (Å²) in [4.78, 5) is 39.6. The third kappa shape index (κ3) is 3.57. The number of nitrogens with one attached hydrogen (secondary N) is 1. The molecule has 11 heteroatoms. The lowest BCUT2D eigenvalue weighted by atomic mass is 9.78. The molecule has 0 saturated carbocycles. The van der Waals surface area contributed by atoms with Gasteiger partial charge in [0.15, 0.2) is 0 Å². The quantitative estimate of drug-likeness (QED) is 0.426. The number of rotatable bonds is 8. The lowest BCUT2D eigenvalue weighted by Gasteiger charge is -2.31. The van der Waals surface area contributed by atoms with E-state index < -0.39 is 51.2 Å². The molecular weight excluding hydrogens is 438 g/mol. The van der Waals surface area contributed by atoms with E-state index in [-0.39, 0.29) is 24.4 Å². The summed E-state index contributed by atoms with van der Waals surface area (Å²) < 4.78 is 37.8. The summed E-state index contributed by atoms with van der Waals surface area (Å²) in [6, 6.07) is 5.26. The number of ether oxygens (including phenoxy) is 2. The third-order valence-electron chi connectivity index (χ3n) is 6.54. The predicted molar refractivity (Wildman–Crippen MR) is 114 cm³/mol. The van der Waals surface area contributed by atoms with Gasteiger partial charge in [-0.15, -0.1) is 0 Å². The number of carbonyl (C=O) groups is 3. The molecule has 10 nitrogen and oxygen atoms in total. The van der Waals surface area contributed by atoms with Crippen LogP contribution in [-0.2, 0) is 29.1 Å². The maximum absolute atomic E-state index is 13.3. The number of benzene rings is 1. The van der Waals surface area contributed by atoms with Crippen molar-refractivity contribution >= 4 is 27.8 Å². The summed E-state index contributed by atoms with van der Waals surface area (Å²) in [5.74, 6) is -2.85. The first kappa shape index (κ1) is 24.1. The topological polar surface area (TPSA) is 122 Å². The Kier molecular flexibility index (Phi) is 6.64. The van der Waals surface area contributed by atoms with Gasteiger partial charge in [0.2, 0.25) is 21.8 Å². The van der Waals surface area contributed by atoms with E-state index in [1.165, 1.54) is 37.7 Å². The number of methoxy groups -OCH3 is 2. The minimum Gasteiger partial charge on any atom is -0.497 e. The molecule has 2 aliphatic rings. The highest BCUT2D eigenvalue weighted by atomic mass is 32.2. The molecule has 0 bridgehead atoms. The molecule has 2 heterocycles. The fraction of sp³-hybridized carbons (Fsp3) is 0.571. The number of nitrogens with zero attached hydrogens (tertiary/aromatic N) is 2. The van der Waals surface area contributed by atoms with Crippen molar-refractivity contribution in [3.05, 3.63) is 24.3 Å². The van der Waals surface area contributed by atoms with Crippen molar-refractivity contribution < 1.29 is 32.3 Å². The van der Waals surface area contributed by atoms with Gasteiger partial charge in [0, 0.05) is 26.2 Å². The SMILES string of the molecule is CCN(C[C@H]1N[C@@](CC)(C(=O)OC)[C@H]2C(=O)N(C)C(=O)[C@@H]12)S(=O)(=O)c1ccc(OC)cc1. The number of hydrogen-bond acceptors (Lipinski definition) is 8. The van der Waals surface area contributed by atoms with E-state index in [0.29, 0.717) is 5.75 Å². The molecule has 2 saturated heterocycles. The Labute approximate surface area is 187 Å². The van der Waals surface area contributed by atoms with Crippen LogP contribution in [0, 0.1) is 11.8 Å². The van der Waals surface area contributed by atoms with Crippen LogP contribution in [0.4, 0.5) is 0 Å². The number of imide groups is 1. The van der Waals surface area contributed by atoms with Gasteiger partial charge < -0.3 is 9.47 Å². The van der Waals surface area contributed by atoms with Crippen LogP contribution in [-0.4, -0.2) is 81.3 Å². The molecule has 4 atom stereocenters. The van der Waals surface area contributed by atoms with Crippen LogP contribution in [0.3, 0.4) is 0 Å². The largest absolute Gasteiger partial charge is 0.497 e. The first-order chi connectivity index (χ1) is 15.1. The second-order valence-electron chi connectivity index (χ2n) is 7.94. The zero-order valence-electron chi connectivity index (χ0n) is 18.8. The molecule has 0 radical (unpaired) electrons. The number of amides is 2. The molecular formula is C21H29N3O7S. The summed E-state index contributed by atoms with van der Waals surface area (Å²) in [5.41, 5.74) is -1.40. The summed E-state index contributed by atoms with van der Waals surface area (Å²) in [6.45, 7) is 3.47. The van der Waals surface area contributed by atoms with E-state index in [9.17, 15) is 22.8 Å². The minimum atomic E-state index is -3.89. The Morgan fingerprint density at radius 1 is 1.16 bits per heavy atom. The lowest BCUT2D eigenvalue weighted by Crippen LogP contribution is -2.58. The number of esters is 1. The van der Waals surface area contributed by atoms with Gasteiger partial charge in [0.05, 0.1) is 31.0 Å². The number of hydrogen-bond donors (Lipinski definition) is 1. The van der Waals surface area contributed by atoms with Crippen molar-refractivity contribution in [2.24, 2.45) is 11.8 Å². The smallest absolute Gasteiger partial charge is 0.326 e. The standard InChI is InChI=1S/C21H29N3O7S/c1-6-21(20(27)31-5)17-16(18(25)23(3)19(17)26)15(22-21)12-24(7-2)32(28,29)14-10-8-13(30-4)9-11-14/h8-11,15-17,22H,6-7,12H2,1-5H3/t15-,16+,17-,21-/m1/s1. The number of carbonyl (C=O) groups excluding carboxylic acids is 3. The Morgan fingerprint density at radius 2 is 1.78 bits per heavy atom. The molecule has 1 N–H and O–H groups in total. The Hall–Kier alpha value is -2.50. The van der Waals surface area contributed by atoms with Gasteiger partial charge in [0.1, 0.15) is 11.3 Å². The van der Waals surface area contributed by atoms with E-state index in [0.717, 1.165) is 4.90 Å². The number of likely N-dealkylation sites (N-methyl/N-ethyl adjacent to an activating group) is 1. The fourth-order valence-corrected chi connectivity index (χ4v) is 6.25. The predicted octanol–water partition coefficient (Wildman–Crippen LogP) is 0.230. The van der Waals surface area contributed by atoms with Crippen molar-refractivity contribution in [3.8, 4) is 5.75 Å². The van der Waals surface area contributed by atoms with Crippen LogP contribution in [0.2, 0.25) is 0 Å². The van der Waals surface area contributed by atoms with Gasteiger partial charge in [-0.05, 0) is 30.7 Å². The van der Waals surface area contributed by atoms with Gasteiger partial charge in [-0.1, -0.05) is 13.8 Å². The summed E-state index contributed by atoms with van der Waals surface area (Å²) in [6.07, 6.45) is 0.210. The van der Waals surface area contributed by atoms with Gasteiger partial charge >= 0.3 is 5.97 Å². The van der Waals surface area contributed by atoms with Gasteiger partial charge in [0.25, 0.3) is 0 Å². The molecule has 0 unspecified atom stereocenters. The van der Waals surface area contributed by atoms with E-state index in [1.807, 2.05) is 0 Å². The molecule has 2 amide bonds. The van der Waals surface area contributed by atoms with Crippen molar-refractivity contribution in [1.82, 2.24) is 14.5 Å². The molecule has 0 aliphatic carbocycles. The van der Waals surface area contributed by atoms with E-state index in [2.05, 4.69) is 5.32 Å². The molecule has 2 fully saturated rings. The van der Waals surface area contributed by atoms with Crippen LogP contribution >= 0.6 is 0 Å². The molecule has 1 aromatic carbocycles. The van der Waals surface area contributed by atoms with Crippen molar-refractivity contribution in [3.63, 3.8) is 0 Å². The Morgan fingerprint density at radius 3 is 2.28 bits per heavy atom. The lowest BCUT2D eigenvalue weighted by molar-refractivity contribution is -0.154. The number of likely N-dealkylation sites (tertiary alicyclic amines) is 1. The van der Waals surface area contributed by atoms with Gasteiger partial charge in [-0.2, -0.15) is 4.31 Å². The van der Waals surface area contributed by atoms with Crippen LogP contribution in [0.1, 0.15) is 20.3 Å². The zero-order valence-corrected chi connectivity index (χ0v) is 19.6. The Balaban J connectivity index is 1.97. The summed E-state index contributed by atoms with van der Waals surface area (Å²) >= 11 is 0. The molecule has 2 aliphatic heterocycles. The minimum absolute atomic E-state index is 0.0790. The van der Waals surface area contributed by atoms with Gasteiger partial charge in [-0.3, -0.25) is 24.6 Å². The van der Waals surface area contributed by atoms with E-state index in [1.54, 1.807) is 26.0 Å². The molecule has 1 aromatic rings. The molecule has 3 rings (SSSR count). The average Bonchev–Trinajstić information content (AvgIpc) is 3.25. The first-order valence-electron chi connectivity index (χ1n) is 10.4. The maximum atomic E-state index is 13.3. The zero-order chi connectivity index (χ0) is 23.8. The summed E-state index contributed by atoms with van der Waals surface area (Å²) in [5, 5.41) is 3.13. The molecule has 0 aromatic heterocycles. The van der Waals surface area contributed by atoms with E-state index >= 15 is 0 Å². The highest BCUT2D eigenvalue weighted by Gasteiger charge is 2.67. The van der Waals surface area contributed by atoms with Crippen LogP contribution < -0.4 is 10.1 Å². The molecule has 176 valence electrons. The average molecular weight is 468 g/mol. The summed E-state index contributed by atoms with van der Waals surface area (Å²) in [7, 11) is 0.195. The normalized spacial score (nSPS) is 27.7. The maximum Gasteiger partial charge on any atom is 0.326 e. The first-order valence-corrected chi connectivity index (χ1v) is 11.8. The molecule has 0 spiro atoms. The van der Waals surface area contributed by atoms with E-state index in [4.69, 9.17) is 9.47 Å². The second-order valence-corrected chi connectivity index (χ2v) is 9.88. The number of fused-ring (bicyclic) bond motifs is 1. The van der Waals surface area contributed by atoms with Crippen LogP contribution in [0.25, 0.3) is 0 Å². The van der Waals surface area contributed by atoms with Gasteiger partial charge in [-0.25, -0.2) is 8.42 Å².